The first-order valence-electron chi connectivity index (χ1n) is 10.3. The Morgan fingerprint density at radius 2 is 1.74 bits per heavy atom. The normalized spacial score (nSPS) is 12.8. The van der Waals surface area contributed by atoms with Crippen molar-refractivity contribution in [2.45, 2.75) is 33.7 Å². The van der Waals surface area contributed by atoms with Gasteiger partial charge in [-0.05, 0) is 48.6 Å². The fraction of sp³-hybridized carbons (Fsp3) is 0.333. The Bertz CT molecular complexity index is 1030. The van der Waals surface area contributed by atoms with Crippen LogP contribution >= 0.6 is 0 Å². The SMILES string of the molecule is Cc1ccccc1CNC(=O)COC(=O)c1ccc2c(c1)C(=O)N(CCC(C)C)C2=O. The van der Waals surface area contributed by atoms with Gasteiger partial charge in [-0.1, -0.05) is 38.1 Å². The van der Waals surface area contributed by atoms with E-state index in [1.165, 1.54) is 23.1 Å². The van der Waals surface area contributed by atoms with Crippen molar-refractivity contribution in [3.8, 4) is 0 Å². The van der Waals surface area contributed by atoms with Gasteiger partial charge in [0.1, 0.15) is 0 Å². The lowest BCUT2D eigenvalue weighted by atomic mass is 10.1. The summed E-state index contributed by atoms with van der Waals surface area (Å²) >= 11 is 0. The minimum absolute atomic E-state index is 0.123. The number of rotatable bonds is 8. The number of amides is 3. The van der Waals surface area contributed by atoms with Crippen LogP contribution in [0.2, 0.25) is 0 Å². The first-order valence-corrected chi connectivity index (χ1v) is 10.3. The maximum atomic E-state index is 12.6. The topological polar surface area (TPSA) is 92.8 Å². The van der Waals surface area contributed by atoms with Crippen LogP contribution in [0.4, 0.5) is 0 Å². The summed E-state index contributed by atoms with van der Waals surface area (Å²) in [7, 11) is 0. The van der Waals surface area contributed by atoms with Gasteiger partial charge in [0.15, 0.2) is 6.61 Å². The molecule has 0 spiro atoms. The molecule has 31 heavy (non-hydrogen) atoms. The predicted octanol–water partition coefficient (Wildman–Crippen LogP) is 3.11. The number of ether oxygens (including phenoxy) is 1. The first-order chi connectivity index (χ1) is 14.8. The van der Waals surface area contributed by atoms with E-state index in [-0.39, 0.29) is 22.6 Å². The number of carbonyl (C=O) groups excluding carboxylic acids is 4. The van der Waals surface area contributed by atoms with Crippen LogP contribution in [-0.4, -0.2) is 41.7 Å². The summed E-state index contributed by atoms with van der Waals surface area (Å²) in [6.07, 6.45) is 0.706. The zero-order valence-corrected chi connectivity index (χ0v) is 17.9. The van der Waals surface area contributed by atoms with Gasteiger partial charge in [-0.2, -0.15) is 0 Å². The van der Waals surface area contributed by atoms with E-state index in [4.69, 9.17) is 4.74 Å². The highest BCUT2D eigenvalue weighted by atomic mass is 16.5. The van der Waals surface area contributed by atoms with Crippen LogP contribution in [0.25, 0.3) is 0 Å². The highest BCUT2D eigenvalue weighted by molar-refractivity contribution is 6.22. The average molecular weight is 422 g/mol. The number of benzene rings is 2. The van der Waals surface area contributed by atoms with E-state index in [1.54, 1.807) is 0 Å². The summed E-state index contributed by atoms with van der Waals surface area (Å²) in [5, 5.41) is 2.71. The molecule has 1 heterocycles. The Morgan fingerprint density at radius 1 is 1.03 bits per heavy atom. The largest absolute Gasteiger partial charge is 0.452 e. The summed E-state index contributed by atoms with van der Waals surface area (Å²) in [6.45, 7) is 6.23. The lowest BCUT2D eigenvalue weighted by Gasteiger charge is -2.14. The van der Waals surface area contributed by atoms with Crippen LogP contribution in [0.15, 0.2) is 42.5 Å². The zero-order chi connectivity index (χ0) is 22.5. The summed E-state index contributed by atoms with van der Waals surface area (Å²) in [4.78, 5) is 50.6. The Hall–Kier alpha value is -3.48. The van der Waals surface area contributed by atoms with E-state index in [9.17, 15) is 19.2 Å². The summed E-state index contributed by atoms with van der Waals surface area (Å²) in [5.74, 6) is -1.56. The molecule has 1 aliphatic heterocycles. The Balaban J connectivity index is 1.57. The molecule has 0 unspecified atom stereocenters. The quantitative estimate of drug-likeness (QED) is 0.521. The van der Waals surface area contributed by atoms with Crippen molar-refractivity contribution in [2.24, 2.45) is 5.92 Å². The standard InChI is InChI=1S/C24H26N2O5/c1-15(2)10-11-26-22(28)19-9-8-17(12-20(19)23(26)29)24(30)31-14-21(27)25-13-18-7-5-4-6-16(18)3/h4-9,12,15H,10-11,13-14H2,1-3H3,(H,25,27). The second-order valence-corrected chi connectivity index (χ2v) is 7.98. The van der Waals surface area contributed by atoms with Crippen LogP contribution < -0.4 is 5.32 Å². The molecule has 0 fully saturated rings. The van der Waals surface area contributed by atoms with E-state index in [2.05, 4.69) is 5.32 Å². The smallest absolute Gasteiger partial charge is 0.338 e. The molecule has 1 N–H and O–H groups in total. The highest BCUT2D eigenvalue weighted by Gasteiger charge is 2.35. The molecule has 1 aliphatic rings. The van der Waals surface area contributed by atoms with Crippen LogP contribution in [0.1, 0.15) is 62.5 Å². The van der Waals surface area contributed by atoms with Gasteiger partial charge in [0, 0.05) is 13.1 Å². The van der Waals surface area contributed by atoms with E-state index >= 15 is 0 Å². The van der Waals surface area contributed by atoms with Crippen molar-refractivity contribution in [2.75, 3.05) is 13.2 Å². The fourth-order valence-corrected chi connectivity index (χ4v) is 3.28. The number of imide groups is 1. The molecule has 7 heteroatoms. The zero-order valence-electron chi connectivity index (χ0n) is 17.9. The lowest BCUT2D eigenvalue weighted by molar-refractivity contribution is -0.124. The minimum atomic E-state index is -0.727. The number of hydrogen-bond acceptors (Lipinski definition) is 5. The molecule has 162 valence electrons. The number of carbonyl (C=O) groups is 4. The molecule has 0 bridgehead atoms. The molecule has 3 rings (SSSR count). The monoisotopic (exact) mass is 422 g/mol. The average Bonchev–Trinajstić information content (AvgIpc) is 2.99. The molecule has 0 radical (unpaired) electrons. The number of fused-ring (bicyclic) bond motifs is 1. The lowest BCUT2D eigenvalue weighted by Crippen LogP contribution is -2.31. The van der Waals surface area contributed by atoms with Crippen molar-refractivity contribution >= 4 is 23.7 Å². The van der Waals surface area contributed by atoms with Crippen molar-refractivity contribution in [1.29, 1.82) is 0 Å². The van der Waals surface area contributed by atoms with Gasteiger partial charge < -0.3 is 10.1 Å². The van der Waals surface area contributed by atoms with Crippen molar-refractivity contribution in [3.05, 3.63) is 70.3 Å². The van der Waals surface area contributed by atoms with Gasteiger partial charge in [-0.15, -0.1) is 0 Å². The third-order valence-electron chi connectivity index (χ3n) is 5.21. The van der Waals surface area contributed by atoms with Gasteiger partial charge in [0.2, 0.25) is 0 Å². The van der Waals surface area contributed by atoms with Crippen LogP contribution in [0.5, 0.6) is 0 Å². The Kier molecular flexibility index (Phi) is 6.84. The number of hydrogen-bond donors (Lipinski definition) is 1. The number of nitrogens with one attached hydrogen (secondary N) is 1. The van der Waals surface area contributed by atoms with Crippen LogP contribution in [0, 0.1) is 12.8 Å². The van der Waals surface area contributed by atoms with E-state index in [0.29, 0.717) is 25.4 Å². The van der Waals surface area contributed by atoms with Gasteiger partial charge in [0.25, 0.3) is 17.7 Å². The summed E-state index contributed by atoms with van der Waals surface area (Å²) < 4.78 is 5.08. The molecular weight excluding hydrogens is 396 g/mol. The van der Waals surface area contributed by atoms with E-state index in [0.717, 1.165) is 11.1 Å². The number of aryl methyl sites for hydroxylation is 1. The molecule has 2 aromatic rings. The van der Waals surface area contributed by atoms with Crippen LogP contribution in [0.3, 0.4) is 0 Å². The molecule has 0 aliphatic carbocycles. The van der Waals surface area contributed by atoms with Gasteiger partial charge in [-0.3, -0.25) is 19.3 Å². The van der Waals surface area contributed by atoms with Gasteiger partial charge in [-0.25, -0.2) is 4.79 Å². The molecular formula is C24H26N2O5. The Morgan fingerprint density at radius 3 is 2.45 bits per heavy atom. The van der Waals surface area contributed by atoms with Gasteiger partial charge >= 0.3 is 5.97 Å². The molecule has 0 saturated carbocycles. The number of nitrogens with zero attached hydrogens (tertiary/aromatic N) is 1. The molecule has 3 amide bonds. The molecule has 0 saturated heterocycles. The molecule has 0 atom stereocenters. The Labute approximate surface area is 181 Å². The summed E-state index contributed by atoms with van der Waals surface area (Å²) in [6, 6.07) is 11.9. The van der Waals surface area contributed by atoms with Crippen LogP contribution in [-0.2, 0) is 16.1 Å². The maximum Gasteiger partial charge on any atom is 0.338 e. The molecule has 7 nitrogen and oxygen atoms in total. The molecule has 0 aromatic heterocycles. The van der Waals surface area contributed by atoms with Crippen molar-refractivity contribution < 1.29 is 23.9 Å². The summed E-state index contributed by atoms with van der Waals surface area (Å²) in [5.41, 5.74) is 2.62. The second-order valence-electron chi connectivity index (χ2n) is 7.98. The predicted molar refractivity (Wildman–Crippen MR) is 115 cm³/mol. The van der Waals surface area contributed by atoms with Crippen molar-refractivity contribution in [3.63, 3.8) is 0 Å². The van der Waals surface area contributed by atoms with E-state index in [1.807, 2.05) is 45.0 Å². The fourth-order valence-electron chi connectivity index (χ4n) is 3.28. The minimum Gasteiger partial charge on any atom is -0.452 e. The maximum absolute atomic E-state index is 12.6. The first kappa shape index (κ1) is 22.2. The molecule has 2 aromatic carbocycles. The second kappa shape index (κ2) is 9.55. The third-order valence-corrected chi connectivity index (χ3v) is 5.21. The van der Waals surface area contributed by atoms with Gasteiger partial charge in [0.05, 0.1) is 16.7 Å². The highest BCUT2D eigenvalue weighted by Crippen LogP contribution is 2.25. The van der Waals surface area contributed by atoms with E-state index < -0.39 is 24.4 Å². The third kappa shape index (κ3) is 5.17. The van der Waals surface area contributed by atoms with Crippen molar-refractivity contribution in [1.82, 2.24) is 10.2 Å². The number of esters is 1.